The van der Waals surface area contributed by atoms with Crippen LogP contribution in [-0.2, 0) is 32.7 Å². The number of phosphoric ester groups is 1. The molecule has 0 saturated carbocycles. The fourth-order valence-electron chi connectivity index (χ4n) is 6.20. The van der Waals surface area contributed by atoms with Gasteiger partial charge in [0.15, 0.2) is 6.10 Å². The van der Waals surface area contributed by atoms with Crippen LogP contribution in [0.1, 0.15) is 193 Å². The Bertz CT molecular complexity index is 1040. The van der Waals surface area contributed by atoms with Crippen LogP contribution < -0.4 is 0 Å². The molecule has 0 spiro atoms. The van der Waals surface area contributed by atoms with Crippen LogP contribution in [0.15, 0.2) is 37.0 Å². The quantitative estimate of drug-likeness (QED) is 0.0213. The number of hydrogen-bond donors (Lipinski definition) is 1. The summed E-state index contributed by atoms with van der Waals surface area (Å²) >= 11 is 0. The zero-order chi connectivity index (χ0) is 41.4. The van der Waals surface area contributed by atoms with Gasteiger partial charge in [0.1, 0.15) is 19.8 Å². The van der Waals surface area contributed by atoms with Gasteiger partial charge in [-0.25, -0.2) is 4.57 Å². The van der Waals surface area contributed by atoms with Crippen LogP contribution in [0.3, 0.4) is 0 Å². The number of nitrogens with zero attached hydrogens (tertiary/aromatic N) is 1. The smallest absolute Gasteiger partial charge is 0.462 e. The summed E-state index contributed by atoms with van der Waals surface area (Å²) in [5.74, 6) is -0.807. The molecular weight excluding hydrogens is 725 g/mol. The van der Waals surface area contributed by atoms with Gasteiger partial charge < -0.3 is 18.9 Å². The minimum Gasteiger partial charge on any atom is -0.462 e. The maximum absolute atomic E-state index is 12.7. The summed E-state index contributed by atoms with van der Waals surface area (Å²) in [5.41, 5.74) is 0. The van der Waals surface area contributed by atoms with Crippen molar-refractivity contribution in [2.75, 3.05) is 47.5 Å². The number of unbranched alkanes of at least 4 members (excludes halogenated alkanes) is 23. The van der Waals surface area contributed by atoms with E-state index in [4.69, 9.17) is 18.5 Å². The molecule has 0 aliphatic carbocycles. The van der Waals surface area contributed by atoms with Gasteiger partial charge in [-0.3, -0.25) is 18.6 Å². The molecule has 328 valence electrons. The standard InChI is InChI=1S/C46H86NO8P/c1-6-8-10-12-14-16-18-20-22-23-25-27-29-31-33-35-37-39-46(49)55-44(43-54-56(50,51)53-41-40-47(3,4)5)42-52-45(48)38-36-34-32-30-28-26-24-21-19-17-15-13-11-9-7-2/h7,14,16,20,22,44H,2,6,8-13,15,17-19,21,23-43H2,1,3-5H3/p+1/b16-14+,22-20+/t44-/m1/s1. The molecular formula is C46H87NO8P+. The molecule has 0 aromatic carbocycles. The summed E-state index contributed by atoms with van der Waals surface area (Å²) < 4.78 is 34.3. The molecule has 0 amide bonds. The topological polar surface area (TPSA) is 108 Å². The van der Waals surface area contributed by atoms with E-state index in [0.717, 1.165) is 57.8 Å². The van der Waals surface area contributed by atoms with Crippen molar-refractivity contribution < 1.29 is 42.1 Å². The van der Waals surface area contributed by atoms with Crippen molar-refractivity contribution in [3.8, 4) is 0 Å². The summed E-state index contributed by atoms with van der Waals surface area (Å²) in [7, 11) is 1.47. The van der Waals surface area contributed by atoms with Gasteiger partial charge in [0, 0.05) is 12.8 Å². The van der Waals surface area contributed by atoms with E-state index in [0.29, 0.717) is 17.4 Å². The highest BCUT2D eigenvalue weighted by Gasteiger charge is 2.27. The lowest BCUT2D eigenvalue weighted by molar-refractivity contribution is -0.870. The third kappa shape index (κ3) is 41.9. The first-order valence-electron chi connectivity index (χ1n) is 22.7. The first kappa shape index (κ1) is 54.2. The van der Waals surface area contributed by atoms with Crippen molar-refractivity contribution in [2.45, 2.75) is 199 Å². The summed E-state index contributed by atoms with van der Waals surface area (Å²) in [6.07, 6.45) is 42.2. The lowest BCUT2D eigenvalue weighted by atomic mass is 10.0. The Hall–Kier alpha value is -1.77. The second kappa shape index (κ2) is 38.7. The predicted octanol–water partition coefficient (Wildman–Crippen LogP) is 12.9. The highest BCUT2D eigenvalue weighted by Crippen LogP contribution is 2.43. The lowest BCUT2D eigenvalue weighted by Gasteiger charge is -2.24. The van der Waals surface area contributed by atoms with Crippen LogP contribution in [0.4, 0.5) is 0 Å². The molecule has 56 heavy (non-hydrogen) atoms. The molecule has 0 rings (SSSR count). The molecule has 0 aromatic heterocycles. The highest BCUT2D eigenvalue weighted by atomic mass is 31.2. The van der Waals surface area contributed by atoms with E-state index in [1.54, 1.807) is 0 Å². The van der Waals surface area contributed by atoms with Crippen molar-refractivity contribution in [3.63, 3.8) is 0 Å². The average Bonchev–Trinajstić information content (AvgIpc) is 3.15. The van der Waals surface area contributed by atoms with Gasteiger partial charge in [-0.05, 0) is 57.8 Å². The second-order valence-corrected chi connectivity index (χ2v) is 18.0. The number of allylic oxidation sites excluding steroid dienone is 5. The van der Waals surface area contributed by atoms with Crippen LogP contribution in [0.25, 0.3) is 0 Å². The summed E-state index contributed by atoms with van der Waals surface area (Å²) in [5, 5.41) is 0. The molecule has 0 fully saturated rings. The Kier molecular flexibility index (Phi) is 37.5. The molecule has 0 saturated heterocycles. The average molecular weight is 813 g/mol. The van der Waals surface area contributed by atoms with Crippen molar-refractivity contribution in [3.05, 3.63) is 37.0 Å². The number of esters is 2. The molecule has 10 heteroatoms. The van der Waals surface area contributed by atoms with Crippen LogP contribution in [0.2, 0.25) is 0 Å². The van der Waals surface area contributed by atoms with Gasteiger partial charge >= 0.3 is 19.8 Å². The van der Waals surface area contributed by atoms with Crippen LogP contribution in [-0.4, -0.2) is 74.9 Å². The van der Waals surface area contributed by atoms with E-state index >= 15 is 0 Å². The van der Waals surface area contributed by atoms with Crippen molar-refractivity contribution in [1.82, 2.24) is 0 Å². The maximum atomic E-state index is 12.7. The molecule has 1 N–H and O–H groups in total. The molecule has 0 heterocycles. The minimum absolute atomic E-state index is 0.0296. The molecule has 0 aliphatic rings. The Labute approximate surface area is 344 Å². The summed E-state index contributed by atoms with van der Waals surface area (Å²) in [6, 6.07) is 0. The summed E-state index contributed by atoms with van der Waals surface area (Å²) in [6.45, 7) is 5.92. The molecule has 0 radical (unpaired) electrons. The number of carbonyl (C=O) groups excluding carboxylic acids is 2. The molecule has 0 bridgehead atoms. The Morgan fingerprint density at radius 3 is 1.54 bits per heavy atom. The largest absolute Gasteiger partial charge is 0.472 e. The fraction of sp³-hybridized carbons (Fsp3) is 0.826. The molecule has 0 aromatic rings. The van der Waals surface area contributed by atoms with Crippen LogP contribution >= 0.6 is 7.82 Å². The number of carbonyl (C=O) groups is 2. The van der Waals surface area contributed by atoms with E-state index in [1.165, 1.54) is 109 Å². The SMILES string of the molecule is C=CCCCCCCCCCCCCCCCC(=O)OC[C@H](COP(=O)(O)OCC[N+](C)(C)C)OC(=O)CCCCCCCCC/C=C/C/C=C/CCCCC. The first-order chi connectivity index (χ1) is 27.0. The minimum atomic E-state index is -4.38. The number of hydrogen-bond acceptors (Lipinski definition) is 7. The van der Waals surface area contributed by atoms with Crippen molar-refractivity contribution in [2.24, 2.45) is 0 Å². The fourth-order valence-corrected chi connectivity index (χ4v) is 6.94. The molecule has 0 aliphatic heterocycles. The third-order valence-corrected chi connectivity index (χ3v) is 10.8. The first-order valence-corrected chi connectivity index (χ1v) is 24.2. The summed E-state index contributed by atoms with van der Waals surface area (Å²) in [4.78, 5) is 35.4. The molecule has 1 unspecified atom stereocenters. The Balaban J connectivity index is 4.33. The van der Waals surface area contributed by atoms with Crippen molar-refractivity contribution >= 4 is 19.8 Å². The van der Waals surface area contributed by atoms with Gasteiger partial charge in [-0.1, -0.05) is 153 Å². The van der Waals surface area contributed by atoms with E-state index in [9.17, 15) is 19.0 Å². The van der Waals surface area contributed by atoms with Crippen LogP contribution in [0.5, 0.6) is 0 Å². The Morgan fingerprint density at radius 2 is 1.05 bits per heavy atom. The van der Waals surface area contributed by atoms with Crippen molar-refractivity contribution in [1.29, 1.82) is 0 Å². The van der Waals surface area contributed by atoms with E-state index in [1.807, 2.05) is 27.2 Å². The number of quaternary nitrogens is 1. The van der Waals surface area contributed by atoms with Gasteiger partial charge in [0.2, 0.25) is 0 Å². The van der Waals surface area contributed by atoms with Gasteiger partial charge in [-0.2, -0.15) is 0 Å². The molecule has 2 atom stereocenters. The second-order valence-electron chi connectivity index (χ2n) is 16.5. The van der Waals surface area contributed by atoms with Crippen LogP contribution in [0, 0.1) is 0 Å². The predicted molar refractivity (Wildman–Crippen MR) is 234 cm³/mol. The monoisotopic (exact) mass is 813 g/mol. The maximum Gasteiger partial charge on any atom is 0.472 e. The van der Waals surface area contributed by atoms with Gasteiger partial charge in [-0.15, -0.1) is 6.58 Å². The number of likely N-dealkylation sites (N-methyl/N-ethyl adjacent to an activating group) is 1. The normalized spacial score (nSPS) is 13.7. The van der Waals surface area contributed by atoms with E-state index in [-0.39, 0.29) is 32.0 Å². The Morgan fingerprint density at radius 1 is 0.607 bits per heavy atom. The third-order valence-electron chi connectivity index (χ3n) is 9.79. The highest BCUT2D eigenvalue weighted by molar-refractivity contribution is 7.47. The number of rotatable bonds is 42. The zero-order valence-corrected chi connectivity index (χ0v) is 37.6. The number of phosphoric acid groups is 1. The number of ether oxygens (including phenoxy) is 2. The molecule has 9 nitrogen and oxygen atoms in total. The zero-order valence-electron chi connectivity index (χ0n) is 36.7. The van der Waals surface area contributed by atoms with E-state index < -0.39 is 26.5 Å². The van der Waals surface area contributed by atoms with E-state index in [2.05, 4.69) is 37.8 Å². The van der Waals surface area contributed by atoms with Gasteiger partial charge in [0.25, 0.3) is 0 Å². The lowest BCUT2D eigenvalue weighted by Crippen LogP contribution is -2.37. The van der Waals surface area contributed by atoms with Gasteiger partial charge in [0.05, 0.1) is 27.7 Å².